The molecule has 1 N–H and O–H groups in total. The number of carbonyl (C=O) groups excluding carboxylic acids is 9. The number of benzene rings is 9. The molecule has 0 bridgehead atoms. The summed E-state index contributed by atoms with van der Waals surface area (Å²) in [5.41, 5.74) is 3.67. The molecule has 9 aromatic rings. The van der Waals surface area contributed by atoms with Crippen LogP contribution in [0, 0.1) is 0 Å². The molecule has 524 valence electrons. The second-order valence-electron chi connectivity index (χ2n) is 23.7. The van der Waals surface area contributed by atoms with Crippen LogP contribution in [-0.2, 0) is 66.4 Å². The highest BCUT2D eigenvalue weighted by molar-refractivity contribution is 5.93. The summed E-state index contributed by atoms with van der Waals surface area (Å²) in [5.74, 6) is -8.55. The summed E-state index contributed by atoms with van der Waals surface area (Å²) in [6.07, 6.45) is -21.0. The van der Waals surface area contributed by atoms with Crippen molar-refractivity contribution in [3.05, 3.63) is 311 Å². The van der Waals surface area contributed by atoms with Gasteiger partial charge in [0.1, 0.15) is 38.1 Å². The molecule has 2 aliphatic heterocycles. The van der Waals surface area contributed by atoms with Crippen LogP contribution in [-0.4, -0.2) is 155 Å². The minimum atomic E-state index is -2.19. The minimum absolute atomic E-state index is 0.000903. The molecular formula is C80H67NO22. The number of fused-ring (bicyclic) bond motifs is 3. The first kappa shape index (κ1) is 70.7. The van der Waals surface area contributed by atoms with E-state index in [0.717, 1.165) is 29.4 Å². The van der Waals surface area contributed by atoms with Crippen molar-refractivity contribution in [2.24, 2.45) is 0 Å². The lowest BCUT2D eigenvalue weighted by Gasteiger charge is -2.49. The normalized spacial score (nSPS) is 20.5. The van der Waals surface area contributed by atoms with Gasteiger partial charge in [-0.25, -0.2) is 43.2 Å². The molecule has 2 saturated heterocycles. The maximum absolute atomic E-state index is 15.0. The van der Waals surface area contributed by atoms with Crippen molar-refractivity contribution in [1.29, 1.82) is 0 Å². The van der Waals surface area contributed by atoms with Crippen LogP contribution in [0.3, 0.4) is 0 Å². The first-order chi connectivity index (χ1) is 50.3. The minimum Gasteiger partial charge on any atom is -0.467 e. The molecule has 9 aromatic carbocycles. The fraction of sp³-hybridized carbons (Fsp3) is 0.212. The Labute approximate surface area is 590 Å². The van der Waals surface area contributed by atoms with Gasteiger partial charge in [0.2, 0.25) is 0 Å². The maximum atomic E-state index is 15.0. The summed E-state index contributed by atoms with van der Waals surface area (Å²) < 4.78 is 82.1. The van der Waals surface area contributed by atoms with Crippen LogP contribution in [0.2, 0.25) is 0 Å². The Morgan fingerprint density at radius 2 is 0.650 bits per heavy atom. The fourth-order valence-electron chi connectivity index (χ4n) is 12.0. The summed E-state index contributed by atoms with van der Waals surface area (Å²) >= 11 is 0. The van der Waals surface area contributed by atoms with E-state index in [1.54, 1.807) is 127 Å². The Bertz CT molecular complexity index is 4380. The highest BCUT2D eigenvalue weighted by Crippen LogP contribution is 2.45. The summed E-state index contributed by atoms with van der Waals surface area (Å²) in [5, 5.41) is 2.51. The summed E-state index contributed by atoms with van der Waals surface area (Å²) in [4.78, 5) is 130. The third-order valence-electron chi connectivity index (χ3n) is 17.1. The highest BCUT2D eigenvalue weighted by Gasteiger charge is 2.59. The molecule has 23 nitrogen and oxygen atoms in total. The standard InChI is InChI=1S/C80H67NO22/c1-91-77(89)61(81-80(90)95-45-60-58-43-25-23-41-56(58)57-42-24-26-44-59(57)60)46-94-78-68(101-75(87)54-37-19-7-20-38-54)67(100-74(86)53-35-17-6-18-36-53)65(63(96-78)48-93-71(83)50-29-11-3-12-30-50)103-79-69(102-76(88)55-39-21-8-22-40-55)66(99-73(85)52-33-15-5-16-34-52)64(98-72(84)51-31-13-4-14-32-51)62(97-79)47-92-70(82)49-27-9-2-10-28-49/h2-44,60-69,78-79H,45-48H2,1H3,(H,81,90)/t61-,62+,63+,64-,65+,66-,67-,68+,69+,78+,79-/m0/s1. The monoisotopic (exact) mass is 1390 g/mol. The van der Waals surface area contributed by atoms with Crippen LogP contribution in [0.5, 0.6) is 0 Å². The molecule has 0 aromatic heterocycles. The molecule has 11 atom stereocenters. The van der Waals surface area contributed by atoms with E-state index in [1.165, 1.54) is 84.9 Å². The fourth-order valence-corrected chi connectivity index (χ4v) is 12.0. The van der Waals surface area contributed by atoms with E-state index in [1.807, 2.05) is 48.5 Å². The van der Waals surface area contributed by atoms with Crippen molar-refractivity contribution in [3.8, 4) is 11.1 Å². The van der Waals surface area contributed by atoms with Gasteiger partial charge in [-0.1, -0.05) is 176 Å². The second-order valence-corrected chi connectivity index (χ2v) is 23.7. The Kier molecular flexibility index (Phi) is 23.2. The van der Waals surface area contributed by atoms with Gasteiger partial charge in [0, 0.05) is 5.92 Å². The molecule has 1 aliphatic carbocycles. The third kappa shape index (κ3) is 17.4. The zero-order chi connectivity index (χ0) is 71.6. The van der Waals surface area contributed by atoms with Gasteiger partial charge >= 0.3 is 53.8 Å². The van der Waals surface area contributed by atoms with Crippen molar-refractivity contribution in [3.63, 3.8) is 0 Å². The van der Waals surface area contributed by atoms with E-state index in [4.69, 9.17) is 61.6 Å². The van der Waals surface area contributed by atoms with E-state index < -0.39 is 141 Å². The molecule has 0 radical (unpaired) electrons. The largest absolute Gasteiger partial charge is 0.467 e. The van der Waals surface area contributed by atoms with Crippen LogP contribution in [0.25, 0.3) is 11.1 Å². The number of hydrogen-bond acceptors (Lipinski definition) is 22. The van der Waals surface area contributed by atoms with Crippen LogP contribution in [0.4, 0.5) is 4.79 Å². The highest BCUT2D eigenvalue weighted by atomic mass is 16.8. The lowest BCUT2D eigenvalue weighted by Crippen LogP contribution is -2.67. The Balaban J connectivity index is 0.966. The van der Waals surface area contributed by atoms with Gasteiger partial charge in [0.15, 0.2) is 49.1 Å². The number of esters is 8. The number of nitrogens with one attached hydrogen (secondary N) is 1. The molecule has 3 aliphatic rings. The topological polar surface area (TPSA) is 286 Å². The number of methoxy groups -OCH3 is 1. The molecule has 103 heavy (non-hydrogen) atoms. The number of ether oxygens (including phenoxy) is 13. The van der Waals surface area contributed by atoms with Crippen LogP contribution in [0.15, 0.2) is 261 Å². The van der Waals surface area contributed by atoms with Gasteiger partial charge in [-0.3, -0.25) is 0 Å². The number of amides is 1. The third-order valence-corrected chi connectivity index (χ3v) is 17.1. The smallest absolute Gasteiger partial charge is 0.407 e. The molecule has 0 saturated carbocycles. The number of hydrogen-bond donors (Lipinski definition) is 1. The second kappa shape index (κ2) is 33.8. The zero-order valence-electron chi connectivity index (χ0n) is 55.1. The first-order valence-corrected chi connectivity index (χ1v) is 32.8. The Hall–Kier alpha value is -12.2. The number of rotatable bonds is 25. The maximum Gasteiger partial charge on any atom is 0.407 e. The summed E-state index contributed by atoms with van der Waals surface area (Å²) in [6, 6.07) is 67.2. The van der Waals surface area contributed by atoms with E-state index in [0.29, 0.717) is 0 Å². The van der Waals surface area contributed by atoms with E-state index in [2.05, 4.69) is 5.32 Å². The van der Waals surface area contributed by atoms with Gasteiger partial charge in [-0.15, -0.1) is 0 Å². The van der Waals surface area contributed by atoms with E-state index in [9.17, 15) is 38.4 Å². The van der Waals surface area contributed by atoms with Gasteiger partial charge in [-0.05, 0) is 107 Å². The predicted molar refractivity (Wildman–Crippen MR) is 364 cm³/mol. The molecule has 0 spiro atoms. The molecule has 2 fully saturated rings. The van der Waals surface area contributed by atoms with E-state index in [-0.39, 0.29) is 51.5 Å². The summed E-state index contributed by atoms with van der Waals surface area (Å²) in [6.45, 7) is -2.70. The van der Waals surface area contributed by atoms with Gasteiger partial charge in [0.25, 0.3) is 0 Å². The average Bonchev–Trinajstić information content (AvgIpc) is 1.67. The van der Waals surface area contributed by atoms with Gasteiger partial charge < -0.3 is 66.9 Å². The van der Waals surface area contributed by atoms with Crippen molar-refractivity contribution < 1.29 is 105 Å². The van der Waals surface area contributed by atoms with Gasteiger partial charge in [-0.2, -0.15) is 0 Å². The SMILES string of the molecule is COC(=O)[C@H](CO[C@@H]1O[C@H](COC(=O)c2ccccc2)[C@@H](O[C@@H]2O[C@H](COC(=O)c3ccccc3)[C@H](OC(=O)c3ccccc3)[C@H](OC(=O)c3ccccc3)[C@H]2OC(=O)c2ccccc2)[C@H](OC(=O)c2ccccc2)[C@H]1OC(=O)c1ccccc1)NC(=O)OCC1c2ccccc2-c2ccccc21. The quantitative estimate of drug-likeness (QED) is 0.0411. The molecule has 2 heterocycles. The molecular weight excluding hydrogens is 1330 g/mol. The zero-order valence-corrected chi connectivity index (χ0v) is 55.1. The van der Waals surface area contributed by atoms with E-state index >= 15 is 4.79 Å². The average molecular weight is 1390 g/mol. The summed E-state index contributed by atoms with van der Waals surface area (Å²) in [7, 11) is 1.06. The van der Waals surface area contributed by atoms with Crippen LogP contribution in [0.1, 0.15) is 89.6 Å². The Morgan fingerprint density at radius 3 is 1.04 bits per heavy atom. The lowest BCUT2D eigenvalue weighted by atomic mass is 9.95. The number of carbonyl (C=O) groups is 9. The van der Waals surface area contributed by atoms with Crippen molar-refractivity contribution in [2.45, 2.75) is 73.4 Å². The Morgan fingerprint density at radius 1 is 0.340 bits per heavy atom. The lowest BCUT2D eigenvalue weighted by molar-refractivity contribution is -0.356. The molecule has 23 heteroatoms. The molecule has 0 unspecified atom stereocenters. The van der Waals surface area contributed by atoms with Crippen LogP contribution < -0.4 is 5.32 Å². The van der Waals surface area contributed by atoms with Crippen molar-refractivity contribution in [1.82, 2.24) is 5.32 Å². The van der Waals surface area contributed by atoms with Crippen LogP contribution >= 0.6 is 0 Å². The first-order valence-electron chi connectivity index (χ1n) is 32.8. The molecule has 12 rings (SSSR count). The van der Waals surface area contributed by atoms with Crippen molar-refractivity contribution >= 4 is 53.8 Å². The van der Waals surface area contributed by atoms with Crippen molar-refractivity contribution in [2.75, 3.05) is 33.5 Å². The molecule has 1 amide bonds. The van der Waals surface area contributed by atoms with Gasteiger partial charge in [0.05, 0.1) is 52.7 Å². The number of alkyl carbamates (subject to hydrolysis) is 1. The predicted octanol–water partition coefficient (Wildman–Crippen LogP) is 10.8.